The Balaban J connectivity index is 1.77. The number of ether oxygens (including phenoxy) is 2. The van der Waals surface area contributed by atoms with Crippen molar-refractivity contribution in [3.63, 3.8) is 0 Å². The fourth-order valence-electron chi connectivity index (χ4n) is 2.38. The number of halogens is 1. The van der Waals surface area contributed by atoms with E-state index in [1.54, 1.807) is 31.2 Å². The lowest BCUT2D eigenvalue weighted by Crippen LogP contribution is -2.46. The SMILES string of the molecule is CC1Oc2ccc([N+](=O)[O-])nc2N(CCOc2ccc(Cl)cc2)C1=O. The van der Waals surface area contributed by atoms with Gasteiger partial charge in [0.1, 0.15) is 12.4 Å². The van der Waals surface area contributed by atoms with Crippen molar-refractivity contribution in [2.75, 3.05) is 18.1 Å². The van der Waals surface area contributed by atoms with Crippen LogP contribution >= 0.6 is 11.6 Å². The Bertz CT molecular complexity index is 812. The zero-order valence-corrected chi connectivity index (χ0v) is 14.0. The van der Waals surface area contributed by atoms with Gasteiger partial charge in [-0.05, 0) is 47.2 Å². The molecule has 0 N–H and O–H groups in total. The van der Waals surface area contributed by atoms with Crippen molar-refractivity contribution >= 4 is 29.1 Å². The number of carbonyl (C=O) groups is 1. The minimum absolute atomic E-state index is 0.122. The third-order valence-electron chi connectivity index (χ3n) is 3.58. The van der Waals surface area contributed by atoms with Gasteiger partial charge in [0, 0.05) is 11.1 Å². The molecule has 1 amide bonds. The van der Waals surface area contributed by atoms with Gasteiger partial charge in [0.25, 0.3) is 11.7 Å². The van der Waals surface area contributed by atoms with Crippen molar-refractivity contribution in [2.45, 2.75) is 13.0 Å². The van der Waals surface area contributed by atoms with E-state index in [-0.39, 0.29) is 30.7 Å². The van der Waals surface area contributed by atoms with Gasteiger partial charge < -0.3 is 19.6 Å². The molecule has 1 atom stereocenters. The Morgan fingerprint density at radius 1 is 1.32 bits per heavy atom. The summed E-state index contributed by atoms with van der Waals surface area (Å²) >= 11 is 5.81. The minimum atomic E-state index is -0.703. The second-order valence-electron chi connectivity index (χ2n) is 5.30. The van der Waals surface area contributed by atoms with Crippen LogP contribution in [0.1, 0.15) is 6.92 Å². The maximum absolute atomic E-state index is 12.4. The molecule has 0 aliphatic carbocycles. The third kappa shape index (κ3) is 3.63. The molecule has 25 heavy (non-hydrogen) atoms. The molecule has 3 rings (SSSR count). The normalized spacial score (nSPS) is 16.2. The Morgan fingerprint density at radius 3 is 2.72 bits per heavy atom. The van der Waals surface area contributed by atoms with E-state index >= 15 is 0 Å². The lowest BCUT2D eigenvalue weighted by Gasteiger charge is -2.29. The molecule has 1 aromatic carbocycles. The highest BCUT2D eigenvalue weighted by Crippen LogP contribution is 2.33. The molecule has 0 fully saturated rings. The second kappa shape index (κ2) is 6.94. The van der Waals surface area contributed by atoms with Crippen LogP contribution in [0, 0.1) is 10.1 Å². The van der Waals surface area contributed by atoms with Gasteiger partial charge in [-0.2, -0.15) is 0 Å². The number of rotatable bonds is 5. The number of hydrogen-bond acceptors (Lipinski definition) is 6. The molecule has 130 valence electrons. The molecule has 1 aliphatic heterocycles. The van der Waals surface area contributed by atoms with Crippen LogP contribution < -0.4 is 14.4 Å². The molecule has 0 saturated heterocycles. The molecule has 0 spiro atoms. The maximum atomic E-state index is 12.4. The van der Waals surface area contributed by atoms with Crippen LogP contribution in [0.2, 0.25) is 5.02 Å². The number of anilines is 1. The van der Waals surface area contributed by atoms with Crippen LogP contribution in [-0.2, 0) is 4.79 Å². The fraction of sp³-hybridized carbons (Fsp3) is 0.250. The zero-order valence-electron chi connectivity index (χ0n) is 13.2. The van der Waals surface area contributed by atoms with Gasteiger partial charge >= 0.3 is 5.82 Å². The van der Waals surface area contributed by atoms with Crippen molar-refractivity contribution in [1.82, 2.24) is 4.98 Å². The topological polar surface area (TPSA) is 94.8 Å². The van der Waals surface area contributed by atoms with Crippen molar-refractivity contribution < 1.29 is 19.2 Å². The number of fused-ring (bicyclic) bond motifs is 1. The van der Waals surface area contributed by atoms with Crippen LogP contribution in [0.25, 0.3) is 0 Å². The van der Waals surface area contributed by atoms with Gasteiger partial charge in [-0.3, -0.25) is 9.69 Å². The maximum Gasteiger partial charge on any atom is 0.366 e. The molecule has 0 bridgehead atoms. The van der Waals surface area contributed by atoms with E-state index in [4.69, 9.17) is 21.1 Å². The highest BCUT2D eigenvalue weighted by Gasteiger charge is 2.36. The molecule has 9 heteroatoms. The summed E-state index contributed by atoms with van der Waals surface area (Å²) in [5, 5.41) is 11.5. The fourth-order valence-corrected chi connectivity index (χ4v) is 2.51. The van der Waals surface area contributed by atoms with E-state index in [1.165, 1.54) is 17.0 Å². The van der Waals surface area contributed by atoms with E-state index in [2.05, 4.69) is 4.98 Å². The second-order valence-corrected chi connectivity index (χ2v) is 5.74. The highest BCUT2D eigenvalue weighted by atomic mass is 35.5. The van der Waals surface area contributed by atoms with E-state index in [0.717, 1.165) is 0 Å². The number of hydrogen-bond donors (Lipinski definition) is 0. The molecular weight excluding hydrogens is 350 g/mol. The van der Waals surface area contributed by atoms with Gasteiger partial charge in [-0.15, -0.1) is 0 Å². The Hall–Kier alpha value is -2.87. The number of amides is 1. The van der Waals surface area contributed by atoms with E-state index < -0.39 is 11.0 Å². The molecule has 1 unspecified atom stereocenters. The zero-order chi connectivity index (χ0) is 18.0. The van der Waals surface area contributed by atoms with E-state index in [1.807, 2.05) is 0 Å². The summed E-state index contributed by atoms with van der Waals surface area (Å²) in [5.41, 5.74) is 0. The predicted molar refractivity (Wildman–Crippen MR) is 90.3 cm³/mol. The van der Waals surface area contributed by atoms with Gasteiger partial charge in [-0.25, -0.2) is 0 Å². The summed E-state index contributed by atoms with van der Waals surface area (Å²) in [6, 6.07) is 9.49. The molecule has 1 aliphatic rings. The average Bonchev–Trinajstić information content (AvgIpc) is 2.59. The third-order valence-corrected chi connectivity index (χ3v) is 3.83. The summed E-state index contributed by atoms with van der Waals surface area (Å²) in [5.74, 6) is 0.361. The molecular formula is C16H14ClN3O5. The molecule has 2 heterocycles. The average molecular weight is 364 g/mol. The summed E-state index contributed by atoms with van der Waals surface area (Å²) in [7, 11) is 0. The smallest absolute Gasteiger partial charge is 0.366 e. The standard InChI is InChI=1S/C16H14ClN3O5/c1-10-16(21)19(8-9-24-12-4-2-11(17)3-5-12)15-13(25-10)6-7-14(18-15)20(22)23/h2-7,10H,8-9H2,1H3. The van der Waals surface area contributed by atoms with E-state index in [9.17, 15) is 14.9 Å². The van der Waals surface area contributed by atoms with Gasteiger partial charge in [0.05, 0.1) is 6.54 Å². The molecule has 8 nitrogen and oxygen atoms in total. The van der Waals surface area contributed by atoms with Crippen LogP contribution in [0.3, 0.4) is 0 Å². The quantitative estimate of drug-likeness (QED) is 0.598. The number of benzene rings is 1. The summed E-state index contributed by atoms with van der Waals surface area (Å²) in [6.45, 7) is 1.97. The Morgan fingerprint density at radius 2 is 2.04 bits per heavy atom. The van der Waals surface area contributed by atoms with Crippen molar-refractivity contribution in [2.24, 2.45) is 0 Å². The van der Waals surface area contributed by atoms with Crippen LogP contribution in [0.15, 0.2) is 36.4 Å². The summed E-state index contributed by atoms with van der Waals surface area (Å²) < 4.78 is 11.0. The van der Waals surface area contributed by atoms with Crippen molar-refractivity contribution in [1.29, 1.82) is 0 Å². The van der Waals surface area contributed by atoms with Crippen LogP contribution in [0.5, 0.6) is 11.5 Å². The van der Waals surface area contributed by atoms with Gasteiger partial charge in [0.15, 0.2) is 11.9 Å². The number of nitrogens with zero attached hydrogens (tertiary/aromatic N) is 3. The first-order valence-electron chi connectivity index (χ1n) is 7.47. The monoisotopic (exact) mass is 363 g/mol. The Kier molecular flexibility index (Phi) is 4.71. The Labute approximate surface area is 148 Å². The first-order chi connectivity index (χ1) is 12.0. The number of pyridine rings is 1. The van der Waals surface area contributed by atoms with Crippen molar-refractivity contribution in [3.05, 3.63) is 51.5 Å². The van der Waals surface area contributed by atoms with E-state index in [0.29, 0.717) is 16.5 Å². The largest absolute Gasteiger partial charge is 0.492 e. The number of aromatic nitrogens is 1. The van der Waals surface area contributed by atoms with Gasteiger partial charge in [0.2, 0.25) is 0 Å². The molecule has 0 radical (unpaired) electrons. The lowest BCUT2D eigenvalue weighted by atomic mass is 10.2. The summed E-state index contributed by atoms with van der Waals surface area (Å²) in [4.78, 5) is 27.9. The number of nitro groups is 1. The molecule has 0 saturated carbocycles. The molecule has 2 aromatic rings. The molecule has 1 aromatic heterocycles. The van der Waals surface area contributed by atoms with Crippen LogP contribution in [-0.4, -0.2) is 35.1 Å². The highest BCUT2D eigenvalue weighted by molar-refractivity contribution is 6.30. The predicted octanol–water partition coefficient (Wildman–Crippen LogP) is 2.84. The number of carbonyl (C=O) groups excluding carboxylic acids is 1. The van der Waals surface area contributed by atoms with Crippen molar-refractivity contribution in [3.8, 4) is 11.5 Å². The summed E-state index contributed by atoms with van der Waals surface area (Å²) in [6.07, 6.45) is -0.703. The lowest BCUT2D eigenvalue weighted by molar-refractivity contribution is -0.389. The minimum Gasteiger partial charge on any atom is -0.492 e. The first-order valence-corrected chi connectivity index (χ1v) is 7.85. The first kappa shape index (κ1) is 17.0. The van der Waals surface area contributed by atoms with Crippen LogP contribution in [0.4, 0.5) is 11.6 Å². The van der Waals surface area contributed by atoms with Gasteiger partial charge in [-0.1, -0.05) is 11.6 Å².